The standard InChI is InChI=1S/C24H28N2O/c1-17-7-10-23(27)21(14-17)16-26-13-5-12-25-11-4-6-22(25)24(26)20-9-8-18(2)19(3)15-20/h4,6-11,14-15,24,27H,5,12-13,16H2,1-3H3. The van der Waals surface area contributed by atoms with Crippen molar-refractivity contribution in [1.29, 1.82) is 0 Å². The monoisotopic (exact) mass is 360 g/mol. The Morgan fingerprint density at radius 1 is 0.963 bits per heavy atom. The summed E-state index contributed by atoms with van der Waals surface area (Å²) in [6, 6.07) is 17.3. The van der Waals surface area contributed by atoms with Crippen molar-refractivity contribution in [3.8, 4) is 5.75 Å². The van der Waals surface area contributed by atoms with Gasteiger partial charge in [-0.05, 0) is 62.1 Å². The number of hydrogen-bond donors (Lipinski definition) is 1. The lowest BCUT2D eigenvalue weighted by Crippen LogP contribution is -2.29. The van der Waals surface area contributed by atoms with Crippen LogP contribution < -0.4 is 0 Å². The normalized spacial score (nSPS) is 17.5. The fourth-order valence-corrected chi connectivity index (χ4v) is 4.19. The molecule has 1 atom stereocenters. The molecule has 3 heteroatoms. The van der Waals surface area contributed by atoms with Crippen molar-refractivity contribution >= 4 is 0 Å². The molecule has 1 unspecified atom stereocenters. The van der Waals surface area contributed by atoms with Gasteiger partial charge in [-0.15, -0.1) is 0 Å². The Kier molecular flexibility index (Phi) is 4.79. The number of aromatic nitrogens is 1. The van der Waals surface area contributed by atoms with Crippen molar-refractivity contribution in [3.05, 3.63) is 88.2 Å². The highest BCUT2D eigenvalue weighted by molar-refractivity contribution is 5.38. The van der Waals surface area contributed by atoms with E-state index in [1.165, 1.54) is 27.9 Å². The molecule has 0 saturated heterocycles. The lowest BCUT2D eigenvalue weighted by atomic mass is 9.97. The van der Waals surface area contributed by atoms with Gasteiger partial charge in [0.1, 0.15) is 5.75 Å². The Morgan fingerprint density at radius 3 is 2.63 bits per heavy atom. The first-order chi connectivity index (χ1) is 13.0. The maximum atomic E-state index is 10.4. The summed E-state index contributed by atoms with van der Waals surface area (Å²) in [5, 5.41) is 10.4. The summed E-state index contributed by atoms with van der Waals surface area (Å²) in [4.78, 5) is 2.51. The van der Waals surface area contributed by atoms with E-state index in [1.54, 1.807) is 0 Å². The summed E-state index contributed by atoms with van der Waals surface area (Å²) in [6.45, 7) is 9.23. The molecule has 0 spiro atoms. The minimum atomic E-state index is 0.196. The molecule has 1 aliphatic rings. The smallest absolute Gasteiger partial charge is 0.120 e. The summed E-state index contributed by atoms with van der Waals surface area (Å²) >= 11 is 0. The molecular weight excluding hydrogens is 332 g/mol. The second-order valence-electron chi connectivity index (χ2n) is 7.83. The van der Waals surface area contributed by atoms with Gasteiger partial charge < -0.3 is 9.67 Å². The molecule has 2 aromatic carbocycles. The molecular formula is C24H28N2O. The van der Waals surface area contributed by atoms with Crippen LogP contribution in [0.3, 0.4) is 0 Å². The third kappa shape index (κ3) is 3.52. The average Bonchev–Trinajstić information content (AvgIpc) is 3.02. The second-order valence-corrected chi connectivity index (χ2v) is 7.83. The van der Waals surface area contributed by atoms with Gasteiger partial charge in [0.05, 0.1) is 6.04 Å². The molecule has 3 aromatic rings. The summed E-state index contributed by atoms with van der Waals surface area (Å²) < 4.78 is 2.38. The third-order valence-electron chi connectivity index (χ3n) is 5.81. The molecule has 0 radical (unpaired) electrons. The predicted octanol–water partition coefficient (Wildman–Crippen LogP) is 5.11. The molecule has 0 amide bonds. The summed E-state index contributed by atoms with van der Waals surface area (Å²) in [5.41, 5.74) is 7.50. The SMILES string of the molecule is Cc1ccc(O)c(CN2CCCn3cccc3C2c2ccc(C)c(C)c2)c1. The van der Waals surface area contributed by atoms with Crippen molar-refractivity contribution < 1.29 is 5.11 Å². The van der Waals surface area contributed by atoms with E-state index < -0.39 is 0 Å². The second kappa shape index (κ2) is 7.24. The van der Waals surface area contributed by atoms with Gasteiger partial charge in [-0.1, -0.05) is 35.9 Å². The fourth-order valence-electron chi connectivity index (χ4n) is 4.19. The molecule has 27 heavy (non-hydrogen) atoms. The number of hydrogen-bond acceptors (Lipinski definition) is 2. The number of benzene rings is 2. The Morgan fingerprint density at radius 2 is 1.81 bits per heavy atom. The number of rotatable bonds is 3. The number of aryl methyl sites for hydroxylation is 4. The lowest BCUT2D eigenvalue weighted by Gasteiger charge is -2.31. The van der Waals surface area contributed by atoms with Crippen LogP contribution in [0.15, 0.2) is 54.7 Å². The molecule has 0 saturated carbocycles. The van der Waals surface area contributed by atoms with E-state index in [-0.39, 0.29) is 6.04 Å². The molecule has 4 rings (SSSR count). The van der Waals surface area contributed by atoms with Crippen LogP contribution >= 0.6 is 0 Å². The van der Waals surface area contributed by atoms with Gasteiger partial charge in [0.2, 0.25) is 0 Å². The van der Waals surface area contributed by atoms with E-state index in [4.69, 9.17) is 0 Å². The quantitative estimate of drug-likeness (QED) is 0.703. The maximum absolute atomic E-state index is 10.4. The van der Waals surface area contributed by atoms with Crippen molar-refractivity contribution in [2.45, 2.75) is 46.3 Å². The average molecular weight is 361 g/mol. The fraction of sp³-hybridized carbons (Fsp3) is 0.333. The van der Waals surface area contributed by atoms with Gasteiger partial charge in [-0.2, -0.15) is 0 Å². The van der Waals surface area contributed by atoms with Crippen molar-refractivity contribution in [2.24, 2.45) is 0 Å². The van der Waals surface area contributed by atoms with E-state index in [0.717, 1.165) is 31.6 Å². The number of aromatic hydroxyl groups is 1. The zero-order chi connectivity index (χ0) is 19.0. The van der Waals surface area contributed by atoms with E-state index in [0.29, 0.717) is 5.75 Å². The van der Waals surface area contributed by atoms with E-state index in [2.05, 4.69) is 72.8 Å². The summed E-state index contributed by atoms with van der Waals surface area (Å²) in [6.07, 6.45) is 3.30. The summed E-state index contributed by atoms with van der Waals surface area (Å²) in [5.74, 6) is 0.388. The van der Waals surface area contributed by atoms with Crippen molar-refractivity contribution in [2.75, 3.05) is 6.54 Å². The molecule has 1 aliphatic heterocycles. The van der Waals surface area contributed by atoms with Gasteiger partial charge in [0.25, 0.3) is 0 Å². The molecule has 0 aliphatic carbocycles. The van der Waals surface area contributed by atoms with Gasteiger partial charge in [0, 0.05) is 37.1 Å². The highest BCUT2D eigenvalue weighted by Crippen LogP contribution is 2.35. The number of phenolic OH excluding ortho intramolecular Hbond substituents is 1. The van der Waals surface area contributed by atoms with Crippen LogP contribution in [0.25, 0.3) is 0 Å². The van der Waals surface area contributed by atoms with Crippen LogP contribution in [-0.4, -0.2) is 21.1 Å². The molecule has 0 bridgehead atoms. The van der Waals surface area contributed by atoms with Gasteiger partial charge in [-0.3, -0.25) is 4.90 Å². The van der Waals surface area contributed by atoms with Crippen molar-refractivity contribution in [1.82, 2.24) is 9.47 Å². The minimum absolute atomic E-state index is 0.196. The molecule has 2 heterocycles. The van der Waals surface area contributed by atoms with Crippen LogP contribution in [0.2, 0.25) is 0 Å². The Hall–Kier alpha value is -2.52. The Labute approximate surface area is 161 Å². The zero-order valence-corrected chi connectivity index (χ0v) is 16.4. The maximum Gasteiger partial charge on any atom is 0.120 e. The first-order valence-electron chi connectivity index (χ1n) is 9.77. The van der Waals surface area contributed by atoms with Crippen molar-refractivity contribution in [3.63, 3.8) is 0 Å². The largest absolute Gasteiger partial charge is 0.508 e. The lowest BCUT2D eigenvalue weighted by molar-refractivity contribution is 0.217. The summed E-state index contributed by atoms with van der Waals surface area (Å²) in [7, 11) is 0. The predicted molar refractivity (Wildman–Crippen MR) is 110 cm³/mol. The van der Waals surface area contributed by atoms with E-state index >= 15 is 0 Å². The first kappa shape index (κ1) is 17.9. The molecule has 1 aromatic heterocycles. The van der Waals surface area contributed by atoms with E-state index in [9.17, 15) is 5.11 Å². The number of phenols is 1. The van der Waals surface area contributed by atoms with Gasteiger partial charge in [0.15, 0.2) is 0 Å². The van der Waals surface area contributed by atoms with Crippen LogP contribution in [0.5, 0.6) is 5.75 Å². The molecule has 3 nitrogen and oxygen atoms in total. The highest BCUT2D eigenvalue weighted by atomic mass is 16.3. The molecule has 0 fully saturated rings. The third-order valence-corrected chi connectivity index (χ3v) is 5.81. The number of nitrogens with zero attached hydrogens (tertiary/aromatic N) is 2. The molecule has 140 valence electrons. The topological polar surface area (TPSA) is 28.4 Å². The minimum Gasteiger partial charge on any atom is -0.508 e. The van der Waals surface area contributed by atoms with Crippen LogP contribution in [0, 0.1) is 20.8 Å². The van der Waals surface area contributed by atoms with Crippen LogP contribution in [0.4, 0.5) is 0 Å². The first-order valence-corrected chi connectivity index (χ1v) is 9.77. The van der Waals surface area contributed by atoms with Crippen LogP contribution in [0.1, 0.15) is 46.0 Å². The van der Waals surface area contributed by atoms with Gasteiger partial charge in [-0.25, -0.2) is 0 Å². The van der Waals surface area contributed by atoms with Crippen LogP contribution in [-0.2, 0) is 13.1 Å². The highest BCUT2D eigenvalue weighted by Gasteiger charge is 2.28. The Bertz CT molecular complexity index is 957. The Balaban J connectivity index is 1.78. The van der Waals surface area contributed by atoms with Gasteiger partial charge >= 0.3 is 0 Å². The molecule has 1 N–H and O–H groups in total. The number of fused-ring (bicyclic) bond motifs is 1. The van der Waals surface area contributed by atoms with E-state index in [1.807, 2.05) is 12.1 Å². The zero-order valence-electron chi connectivity index (χ0n) is 16.4.